The zero-order chi connectivity index (χ0) is 27.1. The van der Waals surface area contributed by atoms with Gasteiger partial charge in [-0.3, -0.25) is 0 Å². The number of quaternary nitrogens is 1. The summed E-state index contributed by atoms with van der Waals surface area (Å²) in [6.07, 6.45) is 24.0. The summed E-state index contributed by atoms with van der Waals surface area (Å²) < 4.78 is 19.2. The molecule has 0 N–H and O–H groups in total. The lowest BCUT2D eigenvalue weighted by Crippen LogP contribution is -2.36. The number of ether oxygens (including phenoxy) is 1. The Bertz CT molecular complexity index is 523. The summed E-state index contributed by atoms with van der Waals surface area (Å²) in [5, 5.41) is 0. The summed E-state index contributed by atoms with van der Waals surface area (Å²) in [5.74, 6) is 0. The topological polar surface area (TPSA) is 52.6 Å². The summed E-state index contributed by atoms with van der Waals surface area (Å²) >= 11 is 0. The Morgan fingerprint density at radius 3 is 1.58 bits per heavy atom. The minimum atomic E-state index is -3.29. The van der Waals surface area contributed by atoms with E-state index in [2.05, 4.69) is 33.0 Å². The van der Waals surface area contributed by atoms with Crippen LogP contribution in [-0.4, -0.2) is 82.7 Å². The van der Waals surface area contributed by atoms with Crippen molar-refractivity contribution in [3.63, 3.8) is 0 Å². The predicted octanol–water partition coefficient (Wildman–Crippen LogP) is 7.32. The molecule has 0 fully saturated rings. The molecule has 0 aromatic carbocycles. The maximum absolute atomic E-state index is 12.4. The van der Waals surface area contributed by atoms with Crippen LogP contribution < -0.4 is 4.89 Å². The lowest BCUT2D eigenvalue weighted by atomic mass is 10.0. The van der Waals surface area contributed by atoms with Gasteiger partial charge in [0.2, 0.25) is 0 Å². The highest BCUT2D eigenvalue weighted by Crippen LogP contribution is 2.37. The maximum atomic E-state index is 12.4. The van der Waals surface area contributed by atoms with Crippen LogP contribution in [0, 0.1) is 0 Å². The van der Waals surface area contributed by atoms with E-state index >= 15 is 0 Å². The number of rotatable bonds is 27. The SMILES string of the molecule is CCCCCCCCCCCCCCCCCCOCC(CCP(=O)([O-])CCC[N+](C)(C)C)N(C)C. The number of hydrogen-bond acceptors (Lipinski definition) is 4. The molecule has 0 heterocycles. The zero-order valence-electron chi connectivity index (χ0n) is 25.4. The van der Waals surface area contributed by atoms with Crippen LogP contribution in [0.5, 0.6) is 0 Å². The van der Waals surface area contributed by atoms with Crippen molar-refractivity contribution in [3.8, 4) is 0 Å². The Hall–Kier alpha value is 0.0700. The van der Waals surface area contributed by atoms with Gasteiger partial charge in [0.15, 0.2) is 0 Å². The van der Waals surface area contributed by atoms with Gasteiger partial charge in [0, 0.05) is 26.4 Å². The quantitative estimate of drug-likeness (QED) is 0.0632. The lowest BCUT2D eigenvalue weighted by Gasteiger charge is -2.30. The molecule has 2 unspecified atom stereocenters. The summed E-state index contributed by atoms with van der Waals surface area (Å²) in [6, 6.07) is 0.173. The van der Waals surface area contributed by atoms with Gasteiger partial charge in [-0.2, -0.15) is 0 Å². The second-order valence-electron chi connectivity index (χ2n) is 12.4. The van der Waals surface area contributed by atoms with Crippen molar-refractivity contribution in [3.05, 3.63) is 0 Å². The van der Waals surface area contributed by atoms with Crippen molar-refractivity contribution in [1.82, 2.24) is 4.90 Å². The Balaban J connectivity index is 3.61. The monoisotopic (exact) mass is 532 g/mol. The van der Waals surface area contributed by atoms with E-state index < -0.39 is 7.37 Å². The van der Waals surface area contributed by atoms with Gasteiger partial charge in [0.1, 0.15) is 0 Å². The van der Waals surface area contributed by atoms with E-state index in [1.807, 2.05) is 14.1 Å². The van der Waals surface area contributed by atoms with Crippen LogP contribution in [-0.2, 0) is 9.30 Å². The molecule has 0 rings (SSSR count). The van der Waals surface area contributed by atoms with Crippen molar-refractivity contribution in [2.24, 2.45) is 0 Å². The predicted molar refractivity (Wildman–Crippen MR) is 157 cm³/mol. The van der Waals surface area contributed by atoms with Gasteiger partial charge in [0.25, 0.3) is 0 Å². The van der Waals surface area contributed by atoms with Crippen LogP contribution in [0.25, 0.3) is 0 Å². The van der Waals surface area contributed by atoms with Gasteiger partial charge < -0.3 is 23.6 Å². The van der Waals surface area contributed by atoms with Gasteiger partial charge in [-0.15, -0.1) is 0 Å². The van der Waals surface area contributed by atoms with Crippen LogP contribution in [0.4, 0.5) is 0 Å². The second-order valence-corrected chi connectivity index (χ2v) is 14.9. The largest absolute Gasteiger partial charge is 0.799 e. The Morgan fingerprint density at radius 2 is 1.17 bits per heavy atom. The summed E-state index contributed by atoms with van der Waals surface area (Å²) in [5.41, 5.74) is 0. The second kappa shape index (κ2) is 23.0. The van der Waals surface area contributed by atoms with Crippen LogP contribution in [0.2, 0.25) is 0 Å². The van der Waals surface area contributed by atoms with E-state index in [1.54, 1.807) is 0 Å². The standard InChI is InChI=1S/C30H65N2O3P/c1-7-8-9-10-11-12-13-14-15-16-17-18-19-20-21-22-26-35-29-30(31(2)3)24-28-36(33,34)27-23-25-32(4,5)6/h30H,7-29H2,1-6H3. The molecule has 218 valence electrons. The number of hydrogen-bond donors (Lipinski definition) is 0. The van der Waals surface area contributed by atoms with Gasteiger partial charge in [-0.25, -0.2) is 0 Å². The molecule has 0 aliphatic carbocycles. The summed E-state index contributed by atoms with van der Waals surface area (Å²) in [4.78, 5) is 14.6. The van der Waals surface area contributed by atoms with Crippen molar-refractivity contribution in [1.29, 1.82) is 0 Å². The third kappa shape index (κ3) is 25.7. The van der Waals surface area contributed by atoms with Crippen LogP contribution in [0.15, 0.2) is 0 Å². The van der Waals surface area contributed by atoms with E-state index in [0.717, 1.165) is 30.5 Å². The fraction of sp³-hybridized carbons (Fsp3) is 1.00. The third-order valence-electron chi connectivity index (χ3n) is 7.31. The molecule has 0 amide bonds. The van der Waals surface area contributed by atoms with E-state index in [-0.39, 0.29) is 12.2 Å². The molecule has 0 aliphatic rings. The van der Waals surface area contributed by atoms with Crippen molar-refractivity contribution >= 4 is 7.37 Å². The first-order chi connectivity index (χ1) is 17.1. The molecule has 0 bridgehead atoms. The van der Waals surface area contributed by atoms with Gasteiger partial charge in [-0.1, -0.05) is 103 Å². The smallest absolute Gasteiger partial charge is 0.0784 e. The Morgan fingerprint density at radius 1 is 0.722 bits per heavy atom. The molecule has 2 atom stereocenters. The van der Waals surface area contributed by atoms with Crippen molar-refractivity contribution in [2.75, 3.05) is 67.3 Å². The van der Waals surface area contributed by atoms with Crippen LogP contribution in [0.3, 0.4) is 0 Å². The highest BCUT2D eigenvalue weighted by atomic mass is 31.2. The maximum Gasteiger partial charge on any atom is 0.0784 e. The average Bonchev–Trinajstić information content (AvgIpc) is 2.78. The molecule has 5 nitrogen and oxygen atoms in total. The van der Waals surface area contributed by atoms with Crippen molar-refractivity contribution in [2.45, 2.75) is 129 Å². The van der Waals surface area contributed by atoms with E-state index in [1.165, 1.54) is 96.3 Å². The summed E-state index contributed by atoms with van der Waals surface area (Å²) in [6.45, 7) is 4.60. The normalized spacial score (nSPS) is 14.9. The number of nitrogens with zero attached hydrogens (tertiary/aromatic N) is 2. The number of likely N-dealkylation sites (N-methyl/N-ethyl adjacent to an activating group) is 1. The first-order valence-electron chi connectivity index (χ1n) is 15.4. The van der Waals surface area contributed by atoms with Crippen molar-refractivity contribution < 1.29 is 18.7 Å². The van der Waals surface area contributed by atoms with Crippen LogP contribution in [0.1, 0.15) is 122 Å². The molecule has 0 saturated carbocycles. The molecular weight excluding hydrogens is 467 g/mol. The first kappa shape index (κ1) is 36.1. The third-order valence-corrected chi connectivity index (χ3v) is 9.25. The molecule has 0 radical (unpaired) electrons. The Kier molecular flexibility index (Phi) is 23.0. The highest BCUT2D eigenvalue weighted by molar-refractivity contribution is 7.56. The summed E-state index contributed by atoms with van der Waals surface area (Å²) in [7, 11) is 7.07. The lowest BCUT2D eigenvalue weighted by molar-refractivity contribution is -0.870. The molecule has 0 aliphatic heterocycles. The molecule has 0 spiro atoms. The first-order valence-corrected chi connectivity index (χ1v) is 17.4. The van der Waals surface area contributed by atoms with Gasteiger partial charge in [0.05, 0.1) is 34.3 Å². The molecule has 36 heavy (non-hydrogen) atoms. The van der Waals surface area contributed by atoms with Gasteiger partial charge >= 0.3 is 0 Å². The minimum Gasteiger partial charge on any atom is -0.799 e. The number of unbranched alkanes of at least 4 members (excludes halogenated alkanes) is 15. The molecule has 0 saturated heterocycles. The Labute approximate surface area is 226 Å². The molecular formula is C30H65N2O3P. The molecule has 0 aromatic heterocycles. The molecule has 6 heteroatoms. The van der Waals surface area contributed by atoms with Gasteiger partial charge in [-0.05, 0) is 39.3 Å². The van der Waals surface area contributed by atoms with E-state index in [4.69, 9.17) is 4.74 Å². The van der Waals surface area contributed by atoms with E-state index in [0.29, 0.717) is 19.2 Å². The minimum absolute atomic E-state index is 0.173. The highest BCUT2D eigenvalue weighted by Gasteiger charge is 2.17. The van der Waals surface area contributed by atoms with E-state index in [9.17, 15) is 9.46 Å². The fourth-order valence-electron chi connectivity index (χ4n) is 4.71. The average molecular weight is 533 g/mol. The molecule has 0 aromatic rings. The zero-order valence-corrected chi connectivity index (χ0v) is 26.3. The van der Waals surface area contributed by atoms with Crippen LogP contribution >= 0.6 is 7.37 Å². The fourth-order valence-corrected chi connectivity index (χ4v) is 6.24.